The van der Waals surface area contributed by atoms with Gasteiger partial charge in [0, 0.05) is 31.4 Å². The molecule has 1 spiro atoms. The zero-order chi connectivity index (χ0) is 38.7. The molecule has 0 radical (unpaired) electrons. The molecule has 11 aromatic rings. The second-order valence-corrected chi connectivity index (χ2v) is 16.9. The van der Waals surface area contributed by atoms with Gasteiger partial charge < -0.3 is 0 Å². The van der Waals surface area contributed by atoms with Crippen molar-refractivity contribution < 1.29 is 0 Å². The third kappa shape index (κ3) is 4.54. The number of benzene rings is 9. The van der Waals surface area contributed by atoms with Gasteiger partial charge in [-0.25, -0.2) is 4.98 Å². The van der Waals surface area contributed by atoms with Crippen LogP contribution in [0.5, 0.6) is 0 Å². The Kier molecular flexibility index (Phi) is 6.84. The Morgan fingerprint density at radius 2 is 0.949 bits per heavy atom. The lowest BCUT2D eigenvalue weighted by Crippen LogP contribution is -2.29. The van der Waals surface area contributed by atoms with Crippen LogP contribution < -0.4 is 0 Å². The lowest BCUT2D eigenvalue weighted by molar-refractivity contribution is 0.777. The van der Waals surface area contributed by atoms with Crippen LogP contribution >= 0.6 is 11.3 Å². The predicted octanol–water partition coefficient (Wildman–Crippen LogP) is 14.7. The van der Waals surface area contributed by atoms with Crippen molar-refractivity contribution in [1.29, 1.82) is 0 Å². The van der Waals surface area contributed by atoms with Crippen molar-refractivity contribution >= 4 is 42.5 Å². The first-order chi connectivity index (χ1) is 29.3. The van der Waals surface area contributed by atoms with Crippen LogP contribution in [0.4, 0.5) is 0 Å². The van der Waals surface area contributed by atoms with Gasteiger partial charge >= 0.3 is 0 Å². The summed E-state index contributed by atoms with van der Waals surface area (Å²) in [5.74, 6) is 0.935. The minimum atomic E-state index is -0.573. The number of para-hydroxylation sites is 1. The number of thiophene rings is 1. The summed E-state index contributed by atoms with van der Waals surface area (Å²) in [4.78, 5) is 5.35. The maximum absolute atomic E-state index is 5.35. The maximum atomic E-state index is 5.35. The molecule has 0 N–H and O–H groups in total. The zero-order valence-corrected chi connectivity index (χ0v) is 32.7. The van der Waals surface area contributed by atoms with E-state index in [0.29, 0.717) is 0 Å². The monoisotopic (exact) mass is 766 g/mol. The summed E-state index contributed by atoms with van der Waals surface area (Å²) in [6.07, 6.45) is 0. The average molecular weight is 767 g/mol. The van der Waals surface area contributed by atoms with E-state index in [1.54, 1.807) is 0 Å². The Balaban J connectivity index is 1.11. The molecule has 0 saturated carbocycles. The lowest BCUT2D eigenvalue weighted by atomic mass is 9.65. The van der Waals surface area contributed by atoms with Gasteiger partial charge in [0.2, 0.25) is 0 Å². The Hall–Kier alpha value is -7.33. The fourth-order valence-electron chi connectivity index (χ4n) is 10.4. The molecule has 0 aliphatic heterocycles. The topological polar surface area (TPSA) is 17.8 Å². The Morgan fingerprint density at radius 1 is 0.373 bits per heavy atom. The molecule has 2 aliphatic carbocycles. The number of fused-ring (bicyclic) bond motifs is 16. The SMILES string of the molecule is c1ccc(-c2nc3cc(-c4ccc5c(c4)C4(c6ccccc6-c6ccccc6-5)c5ccccc5-c5cc6c(cc54)sc4ccccc46)ccc3n2-c2ccccc2)cc1. The zero-order valence-electron chi connectivity index (χ0n) is 31.9. The Bertz CT molecular complexity index is 3500. The minimum absolute atomic E-state index is 0.573. The third-order valence-electron chi connectivity index (χ3n) is 12.8. The van der Waals surface area contributed by atoms with E-state index in [-0.39, 0.29) is 0 Å². The molecule has 2 heterocycles. The van der Waals surface area contributed by atoms with Crippen molar-refractivity contribution in [3.63, 3.8) is 0 Å². The Morgan fingerprint density at radius 3 is 1.71 bits per heavy atom. The van der Waals surface area contributed by atoms with Crippen LogP contribution in [0.2, 0.25) is 0 Å². The van der Waals surface area contributed by atoms with Crippen LogP contribution in [0.15, 0.2) is 206 Å². The van der Waals surface area contributed by atoms with Gasteiger partial charge in [-0.2, -0.15) is 0 Å². The fourth-order valence-corrected chi connectivity index (χ4v) is 11.5. The molecule has 1 atom stereocenters. The van der Waals surface area contributed by atoms with E-state index in [0.717, 1.165) is 33.7 Å². The molecule has 59 heavy (non-hydrogen) atoms. The number of aromatic nitrogens is 2. The van der Waals surface area contributed by atoms with Crippen molar-refractivity contribution in [2.45, 2.75) is 5.41 Å². The first-order valence-corrected chi connectivity index (χ1v) is 21.1. The summed E-state index contributed by atoms with van der Waals surface area (Å²) in [5, 5.41) is 2.65. The van der Waals surface area contributed by atoms with Crippen LogP contribution in [0.1, 0.15) is 22.3 Å². The number of rotatable bonds is 3. The van der Waals surface area contributed by atoms with Crippen molar-refractivity contribution in [2.75, 3.05) is 0 Å². The summed E-state index contributed by atoms with van der Waals surface area (Å²) in [6, 6.07) is 76.3. The first kappa shape index (κ1) is 32.7. The number of hydrogen-bond donors (Lipinski definition) is 0. The number of nitrogens with zero attached hydrogens (tertiary/aromatic N) is 2. The summed E-state index contributed by atoms with van der Waals surface area (Å²) in [5.41, 5.74) is 19.0. The van der Waals surface area contributed by atoms with Gasteiger partial charge in [-0.05, 0) is 115 Å². The van der Waals surface area contributed by atoms with E-state index < -0.39 is 5.41 Å². The minimum Gasteiger partial charge on any atom is -0.292 e. The maximum Gasteiger partial charge on any atom is 0.145 e. The third-order valence-corrected chi connectivity index (χ3v) is 14.0. The van der Waals surface area contributed by atoms with Gasteiger partial charge in [-0.3, -0.25) is 4.57 Å². The molecule has 274 valence electrons. The summed E-state index contributed by atoms with van der Waals surface area (Å²) in [7, 11) is 0. The molecule has 0 fully saturated rings. The molecule has 0 saturated heterocycles. The standard InChI is InChI=1S/C56H34N2S/c1-3-15-35(16-4-1)55-57-51-32-37(28-30-52(51)58(55)38-17-5-2-6-18-38)36-27-29-43-40-20-8-7-19-39(40)41-21-9-12-24-47(41)56(49(43)31-36)48-25-13-10-22-42(48)45-33-46-44-23-11-14-26-53(44)59-54(46)34-50(45)56/h1-34H. The van der Waals surface area contributed by atoms with Gasteiger partial charge in [-0.15, -0.1) is 11.3 Å². The van der Waals surface area contributed by atoms with E-state index in [1.165, 1.54) is 81.4 Å². The molecule has 0 amide bonds. The van der Waals surface area contributed by atoms with Crippen LogP contribution in [0.3, 0.4) is 0 Å². The van der Waals surface area contributed by atoms with Gasteiger partial charge in [0.05, 0.1) is 16.4 Å². The number of hydrogen-bond acceptors (Lipinski definition) is 2. The molecule has 3 heteroatoms. The summed E-state index contributed by atoms with van der Waals surface area (Å²) >= 11 is 1.90. The van der Waals surface area contributed by atoms with Gasteiger partial charge in [-0.1, -0.05) is 158 Å². The fraction of sp³-hybridized carbons (Fsp3) is 0.0179. The molecule has 13 rings (SSSR count). The largest absolute Gasteiger partial charge is 0.292 e. The second kappa shape index (κ2) is 12.3. The highest BCUT2D eigenvalue weighted by Crippen LogP contribution is 2.62. The highest BCUT2D eigenvalue weighted by Gasteiger charge is 2.50. The van der Waals surface area contributed by atoms with Crippen molar-refractivity contribution in [3.8, 4) is 61.6 Å². The van der Waals surface area contributed by atoms with Crippen LogP contribution in [0, 0.1) is 0 Å². The lowest BCUT2D eigenvalue weighted by Gasteiger charge is -2.35. The summed E-state index contributed by atoms with van der Waals surface area (Å²) in [6.45, 7) is 0. The second-order valence-electron chi connectivity index (χ2n) is 15.8. The van der Waals surface area contributed by atoms with Gasteiger partial charge in [0.1, 0.15) is 5.82 Å². The smallest absolute Gasteiger partial charge is 0.145 e. The predicted molar refractivity (Wildman–Crippen MR) is 247 cm³/mol. The van der Waals surface area contributed by atoms with E-state index >= 15 is 0 Å². The molecule has 2 aromatic heterocycles. The summed E-state index contributed by atoms with van der Waals surface area (Å²) < 4.78 is 4.93. The van der Waals surface area contributed by atoms with Crippen LogP contribution in [-0.2, 0) is 5.41 Å². The molecule has 0 bridgehead atoms. The molecule has 2 aliphatic rings. The molecule has 2 nitrogen and oxygen atoms in total. The molecule has 9 aromatic carbocycles. The Labute approximate surface area is 346 Å². The molecule has 1 unspecified atom stereocenters. The average Bonchev–Trinajstić information content (AvgIpc) is 3.94. The highest BCUT2D eigenvalue weighted by atomic mass is 32.1. The van der Waals surface area contributed by atoms with E-state index in [9.17, 15) is 0 Å². The normalized spacial score (nSPS) is 14.8. The first-order valence-electron chi connectivity index (χ1n) is 20.3. The van der Waals surface area contributed by atoms with Gasteiger partial charge in [0.25, 0.3) is 0 Å². The van der Waals surface area contributed by atoms with E-state index in [2.05, 4.69) is 211 Å². The van der Waals surface area contributed by atoms with Crippen molar-refractivity contribution in [3.05, 3.63) is 229 Å². The molecular formula is C56H34N2S. The molecular weight excluding hydrogens is 733 g/mol. The van der Waals surface area contributed by atoms with Crippen molar-refractivity contribution in [1.82, 2.24) is 9.55 Å². The van der Waals surface area contributed by atoms with E-state index in [1.807, 2.05) is 11.3 Å². The van der Waals surface area contributed by atoms with Crippen LogP contribution in [0.25, 0.3) is 92.8 Å². The van der Waals surface area contributed by atoms with Gasteiger partial charge in [0.15, 0.2) is 0 Å². The van der Waals surface area contributed by atoms with E-state index in [4.69, 9.17) is 4.98 Å². The van der Waals surface area contributed by atoms with Crippen molar-refractivity contribution in [2.24, 2.45) is 0 Å². The number of imidazole rings is 1. The highest BCUT2D eigenvalue weighted by molar-refractivity contribution is 7.25. The quantitative estimate of drug-likeness (QED) is 0.175. The van der Waals surface area contributed by atoms with Crippen LogP contribution in [-0.4, -0.2) is 9.55 Å².